The molecule has 0 aliphatic carbocycles. The molecule has 2 heteroatoms. The third kappa shape index (κ3) is 3.54. The number of carbonyl (C=O) groups excluding carboxylic acids is 1. The van der Waals surface area contributed by atoms with Gasteiger partial charge in [0.05, 0.1) is 5.69 Å². The summed E-state index contributed by atoms with van der Waals surface area (Å²) in [7, 11) is 0. The van der Waals surface area contributed by atoms with Crippen LogP contribution < -0.4 is 0 Å². The van der Waals surface area contributed by atoms with Gasteiger partial charge in [-0.25, -0.2) is 4.98 Å². The summed E-state index contributed by atoms with van der Waals surface area (Å²) in [5, 5.41) is 2.38. The van der Waals surface area contributed by atoms with Crippen LogP contribution >= 0.6 is 0 Å². The van der Waals surface area contributed by atoms with E-state index >= 15 is 0 Å². The summed E-state index contributed by atoms with van der Waals surface area (Å²) in [5.41, 5.74) is 2.41. The molecule has 114 valence electrons. The van der Waals surface area contributed by atoms with Gasteiger partial charge in [-0.1, -0.05) is 48.5 Å². The Morgan fingerprint density at radius 2 is 1.83 bits per heavy atom. The Morgan fingerprint density at radius 1 is 1.00 bits per heavy atom. The standard InChI is InChI=1S/C21H19NO/c1-2-3-4-12-21(23)20-11-7-10-19(22-20)18-14-13-16-8-5-6-9-17(16)15-18/h2,5-11,13-15H,1,3-4,12H2. The molecule has 0 unspecified atom stereocenters. The molecule has 0 spiro atoms. The molecule has 0 saturated carbocycles. The van der Waals surface area contributed by atoms with Crippen LogP contribution in [0.4, 0.5) is 0 Å². The summed E-state index contributed by atoms with van der Waals surface area (Å²) < 4.78 is 0. The second kappa shape index (κ2) is 7.01. The molecule has 0 bridgehead atoms. The molecule has 2 nitrogen and oxygen atoms in total. The number of carbonyl (C=O) groups is 1. The van der Waals surface area contributed by atoms with E-state index in [1.165, 1.54) is 10.8 Å². The summed E-state index contributed by atoms with van der Waals surface area (Å²) in [5.74, 6) is 0.0921. The zero-order chi connectivity index (χ0) is 16.1. The van der Waals surface area contributed by atoms with Crippen molar-refractivity contribution in [3.63, 3.8) is 0 Å². The predicted molar refractivity (Wildman–Crippen MR) is 95.6 cm³/mol. The molecule has 0 amide bonds. The van der Waals surface area contributed by atoms with Crippen LogP contribution in [0.1, 0.15) is 29.8 Å². The number of unbranched alkanes of at least 4 members (excludes halogenated alkanes) is 1. The maximum Gasteiger partial charge on any atom is 0.181 e. The Labute approximate surface area is 136 Å². The maximum atomic E-state index is 12.2. The monoisotopic (exact) mass is 301 g/mol. The van der Waals surface area contributed by atoms with E-state index in [2.05, 4.69) is 41.9 Å². The van der Waals surface area contributed by atoms with E-state index in [-0.39, 0.29) is 5.78 Å². The van der Waals surface area contributed by atoms with Crippen molar-refractivity contribution in [2.24, 2.45) is 0 Å². The Hall–Kier alpha value is -2.74. The lowest BCUT2D eigenvalue weighted by molar-refractivity contribution is 0.0975. The van der Waals surface area contributed by atoms with E-state index in [1.54, 1.807) is 6.07 Å². The van der Waals surface area contributed by atoms with E-state index in [4.69, 9.17) is 0 Å². The highest BCUT2D eigenvalue weighted by Gasteiger charge is 2.09. The minimum Gasteiger partial charge on any atom is -0.292 e. The Balaban J connectivity index is 1.88. The van der Waals surface area contributed by atoms with Gasteiger partial charge in [0.15, 0.2) is 5.78 Å². The van der Waals surface area contributed by atoms with Crippen molar-refractivity contribution >= 4 is 16.6 Å². The number of hydrogen-bond donors (Lipinski definition) is 0. The lowest BCUT2D eigenvalue weighted by atomic mass is 10.0. The van der Waals surface area contributed by atoms with Crippen LogP contribution in [0.15, 0.2) is 73.3 Å². The molecule has 0 saturated heterocycles. The topological polar surface area (TPSA) is 30.0 Å². The number of allylic oxidation sites excluding steroid dienone is 1. The molecule has 0 aliphatic heterocycles. The lowest BCUT2D eigenvalue weighted by Gasteiger charge is -2.06. The van der Waals surface area contributed by atoms with E-state index in [0.29, 0.717) is 12.1 Å². The van der Waals surface area contributed by atoms with Crippen LogP contribution in [0.25, 0.3) is 22.0 Å². The van der Waals surface area contributed by atoms with Crippen molar-refractivity contribution in [2.75, 3.05) is 0 Å². The summed E-state index contributed by atoms with van der Waals surface area (Å²) >= 11 is 0. The van der Waals surface area contributed by atoms with Crippen LogP contribution in [0, 0.1) is 0 Å². The third-order valence-corrected chi connectivity index (χ3v) is 3.89. The van der Waals surface area contributed by atoms with Gasteiger partial charge in [0, 0.05) is 12.0 Å². The van der Waals surface area contributed by atoms with Crippen LogP contribution in [0.3, 0.4) is 0 Å². The van der Waals surface area contributed by atoms with Gasteiger partial charge in [0.2, 0.25) is 0 Å². The lowest BCUT2D eigenvalue weighted by Crippen LogP contribution is -2.02. The van der Waals surface area contributed by atoms with Gasteiger partial charge >= 0.3 is 0 Å². The molecular formula is C21H19NO. The first-order valence-corrected chi connectivity index (χ1v) is 7.88. The van der Waals surface area contributed by atoms with Crippen molar-refractivity contribution in [3.8, 4) is 11.3 Å². The number of nitrogens with zero attached hydrogens (tertiary/aromatic N) is 1. The first-order valence-electron chi connectivity index (χ1n) is 7.88. The smallest absolute Gasteiger partial charge is 0.181 e. The van der Waals surface area contributed by atoms with Crippen LogP contribution in [-0.2, 0) is 0 Å². The molecule has 3 aromatic rings. The molecule has 0 N–H and O–H groups in total. The molecule has 2 aromatic carbocycles. The first-order chi connectivity index (χ1) is 11.3. The normalized spacial score (nSPS) is 10.6. The zero-order valence-electron chi connectivity index (χ0n) is 13.0. The summed E-state index contributed by atoms with van der Waals surface area (Å²) in [4.78, 5) is 16.8. The molecule has 1 heterocycles. The molecular weight excluding hydrogens is 282 g/mol. The second-order valence-corrected chi connectivity index (χ2v) is 5.57. The highest BCUT2D eigenvalue weighted by atomic mass is 16.1. The summed E-state index contributed by atoms with van der Waals surface area (Å²) in [6.45, 7) is 3.68. The number of ketones is 1. The van der Waals surface area contributed by atoms with Gasteiger partial charge in [-0.3, -0.25) is 4.79 Å². The summed E-state index contributed by atoms with van der Waals surface area (Å²) in [6.07, 6.45) is 4.03. The number of fused-ring (bicyclic) bond motifs is 1. The third-order valence-electron chi connectivity index (χ3n) is 3.89. The van der Waals surface area contributed by atoms with Gasteiger partial charge in [-0.15, -0.1) is 6.58 Å². The Morgan fingerprint density at radius 3 is 2.65 bits per heavy atom. The molecule has 0 fully saturated rings. The van der Waals surface area contributed by atoms with E-state index in [1.807, 2.05) is 30.3 Å². The molecule has 3 rings (SSSR count). The van der Waals surface area contributed by atoms with Crippen LogP contribution in [0.5, 0.6) is 0 Å². The molecule has 0 radical (unpaired) electrons. The Bertz CT molecular complexity index is 851. The van der Waals surface area contributed by atoms with Gasteiger partial charge < -0.3 is 0 Å². The van der Waals surface area contributed by atoms with Crippen LogP contribution in [-0.4, -0.2) is 10.8 Å². The SMILES string of the molecule is C=CCCCC(=O)c1cccc(-c2ccc3ccccc3c2)n1. The number of pyridine rings is 1. The van der Waals surface area contributed by atoms with Crippen molar-refractivity contribution < 1.29 is 4.79 Å². The number of aromatic nitrogens is 1. The number of rotatable bonds is 6. The molecule has 0 aliphatic rings. The molecule has 0 atom stereocenters. The summed E-state index contributed by atoms with van der Waals surface area (Å²) in [6, 6.07) is 20.1. The minimum atomic E-state index is 0.0921. The fourth-order valence-electron chi connectivity index (χ4n) is 2.63. The number of hydrogen-bond acceptors (Lipinski definition) is 2. The van der Waals surface area contributed by atoms with Crippen molar-refractivity contribution in [1.29, 1.82) is 0 Å². The Kier molecular flexibility index (Phi) is 4.62. The van der Waals surface area contributed by atoms with E-state index in [9.17, 15) is 4.79 Å². The van der Waals surface area contributed by atoms with Gasteiger partial charge in [0.25, 0.3) is 0 Å². The highest BCUT2D eigenvalue weighted by Crippen LogP contribution is 2.23. The fraction of sp³-hybridized carbons (Fsp3) is 0.143. The maximum absolute atomic E-state index is 12.2. The van der Waals surface area contributed by atoms with Gasteiger partial charge in [0.1, 0.15) is 5.69 Å². The average molecular weight is 301 g/mol. The second-order valence-electron chi connectivity index (χ2n) is 5.57. The van der Waals surface area contributed by atoms with Crippen LogP contribution in [0.2, 0.25) is 0 Å². The van der Waals surface area contributed by atoms with Crippen molar-refractivity contribution in [1.82, 2.24) is 4.98 Å². The fourth-order valence-corrected chi connectivity index (χ4v) is 2.63. The minimum absolute atomic E-state index is 0.0921. The van der Waals surface area contributed by atoms with Gasteiger partial charge in [-0.05, 0) is 41.8 Å². The average Bonchev–Trinajstić information content (AvgIpc) is 2.61. The van der Waals surface area contributed by atoms with Crippen molar-refractivity contribution in [2.45, 2.75) is 19.3 Å². The first kappa shape index (κ1) is 15.2. The number of benzene rings is 2. The highest BCUT2D eigenvalue weighted by molar-refractivity contribution is 5.95. The number of Topliss-reactive ketones (excluding diaryl/α,β-unsaturated/α-hetero) is 1. The largest absolute Gasteiger partial charge is 0.292 e. The molecule has 23 heavy (non-hydrogen) atoms. The predicted octanol–water partition coefficient (Wildman–Crippen LogP) is 5.44. The van der Waals surface area contributed by atoms with E-state index < -0.39 is 0 Å². The zero-order valence-corrected chi connectivity index (χ0v) is 13.0. The van der Waals surface area contributed by atoms with Crippen molar-refractivity contribution in [3.05, 3.63) is 79.0 Å². The van der Waals surface area contributed by atoms with E-state index in [0.717, 1.165) is 24.1 Å². The molecule has 1 aromatic heterocycles. The van der Waals surface area contributed by atoms with Gasteiger partial charge in [-0.2, -0.15) is 0 Å². The quantitative estimate of drug-likeness (QED) is 0.345.